The van der Waals surface area contributed by atoms with E-state index in [-0.39, 0.29) is 29.2 Å². The molecule has 0 heterocycles. The summed E-state index contributed by atoms with van der Waals surface area (Å²) < 4.78 is 24.5. The molecule has 0 unspecified atom stereocenters. The molecule has 0 aromatic heterocycles. The lowest BCUT2D eigenvalue weighted by Crippen LogP contribution is -2.26. The highest BCUT2D eigenvalue weighted by atomic mass is 32.2. The second kappa shape index (κ2) is 6.12. The van der Waals surface area contributed by atoms with Crippen LogP contribution in [-0.4, -0.2) is 32.7 Å². The molecule has 1 aromatic rings. The Balaban J connectivity index is 2.91. The molecule has 0 atom stereocenters. The van der Waals surface area contributed by atoms with Gasteiger partial charge in [0.1, 0.15) is 17.3 Å². The molecule has 0 amide bonds. The fourth-order valence-corrected chi connectivity index (χ4v) is 1.97. The van der Waals surface area contributed by atoms with Crippen molar-refractivity contribution in [2.75, 3.05) is 24.7 Å². The van der Waals surface area contributed by atoms with Crippen molar-refractivity contribution in [1.82, 2.24) is 4.72 Å². The van der Waals surface area contributed by atoms with Crippen LogP contribution in [0.15, 0.2) is 18.2 Å². The fraction of sp³-hybridized carbons (Fsp3) is 0.300. The Hall–Kier alpha value is -2.18. The number of rotatable bonds is 6. The van der Waals surface area contributed by atoms with Crippen LogP contribution in [0.3, 0.4) is 0 Å². The van der Waals surface area contributed by atoms with E-state index in [9.17, 15) is 18.5 Å². The molecular weight excluding hydrogens is 272 g/mol. The summed E-state index contributed by atoms with van der Waals surface area (Å²) in [4.78, 5) is 10.2. The van der Waals surface area contributed by atoms with Crippen LogP contribution in [0.1, 0.15) is 5.56 Å². The van der Waals surface area contributed by atoms with Crippen LogP contribution in [0.2, 0.25) is 0 Å². The maximum atomic E-state index is 11.2. The first-order valence-corrected chi connectivity index (χ1v) is 6.89. The van der Waals surface area contributed by atoms with Crippen molar-refractivity contribution in [2.45, 2.75) is 0 Å². The van der Waals surface area contributed by atoms with E-state index in [1.807, 2.05) is 0 Å². The Morgan fingerprint density at radius 3 is 2.68 bits per heavy atom. The zero-order chi connectivity index (χ0) is 14.5. The number of nitriles is 1. The molecule has 0 aliphatic rings. The lowest BCUT2D eigenvalue weighted by Gasteiger charge is -2.07. The van der Waals surface area contributed by atoms with E-state index in [4.69, 9.17) is 5.26 Å². The highest BCUT2D eigenvalue weighted by Crippen LogP contribution is 2.27. The van der Waals surface area contributed by atoms with Gasteiger partial charge in [0.2, 0.25) is 10.0 Å². The Morgan fingerprint density at radius 2 is 2.16 bits per heavy atom. The summed E-state index contributed by atoms with van der Waals surface area (Å²) in [7, 11) is -2.10. The Bertz CT molecular complexity index is 621. The third kappa shape index (κ3) is 3.90. The van der Waals surface area contributed by atoms with Crippen molar-refractivity contribution >= 4 is 21.4 Å². The van der Waals surface area contributed by atoms with E-state index in [1.54, 1.807) is 6.07 Å². The van der Waals surface area contributed by atoms with E-state index < -0.39 is 14.9 Å². The van der Waals surface area contributed by atoms with Gasteiger partial charge in [-0.1, -0.05) is 6.07 Å². The van der Waals surface area contributed by atoms with Crippen molar-refractivity contribution in [2.24, 2.45) is 0 Å². The molecule has 0 bridgehead atoms. The zero-order valence-electron chi connectivity index (χ0n) is 10.1. The molecule has 0 fully saturated rings. The molecule has 19 heavy (non-hydrogen) atoms. The van der Waals surface area contributed by atoms with Gasteiger partial charge in [0.15, 0.2) is 0 Å². The molecule has 1 aromatic carbocycles. The monoisotopic (exact) mass is 284 g/mol. The van der Waals surface area contributed by atoms with Crippen LogP contribution in [0.4, 0.5) is 11.4 Å². The van der Waals surface area contributed by atoms with E-state index in [2.05, 4.69) is 10.0 Å². The first-order chi connectivity index (χ1) is 8.91. The zero-order valence-corrected chi connectivity index (χ0v) is 10.9. The Labute approximate surface area is 110 Å². The smallest absolute Gasteiger partial charge is 0.309 e. The third-order valence-electron chi connectivity index (χ3n) is 2.34. The second-order valence-electron chi connectivity index (χ2n) is 3.52. The molecule has 2 N–H and O–H groups in total. The predicted octanol–water partition coefficient (Wildman–Crippen LogP) is 0.428. The number of nitro benzene ring substituents is 1. The van der Waals surface area contributed by atoms with Gasteiger partial charge in [-0.2, -0.15) is 5.26 Å². The van der Waals surface area contributed by atoms with Gasteiger partial charge in [-0.15, -0.1) is 0 Å². The van der Waals surface area contributed by atoms with Crippen LogP contribution in [-0.2, 0) is 10.0 Å². The average molecular weight is 284 g/mol. The highest BCUT2D eigenvalue weighted by molar-refractivity contribution is 7.89. The largest absolute Gasteiger partial charge is 0.378 e. The molecule has 0 saturated carbocycles. The van der Waals surface area contributed by atoms with E-state index in [0.717, 1.165) is 0 Å². The SMILES string of the molecule is CNS(=O)(=O)CCNc1cccc(C#N)c1[N+](=O)[O-]. The summed E-state index contributed by atoms with van der Waals surface area (Å²) in [5.41, 5.74) is -0.311. The highest BCUT2D eigenvalue weighted by Gasteiger charge is 2.19. The van der Waals surface area contributed by atoms with Crippen LogP contribution < -0.4 is 10.0 Å². The number of sulfonamides is 1. The predicted molar refractivity (Wildman–Crippen MR) is 69.1 cm³/mol. The van der Waals surface area contributed by atoms with Gasteiger partial charge in [0, 0.05) is 6.54 Å². The van der Waals surface area contributed by atoms with Gasteiger partial charge in [-0.25, -0.2) is 13.1 Å². The van der Waals surface area contributed by atoms with Gasteiger partial charge >= 0.3 is 5.69 Å². The summed E-state index contributed by atoms with van der Waals surface area (Å²) in [6.45, 7) is -0.00110. The van der Waals surface area contributed by atoms with Gasteiger partial charge in [0.05, 0.1) is 10.7 Å². The lowest BCUT2D eigenvalue weighted by atomic mass is 10.1. The minimum atomic E-state index is -3.39. The first-order valence-electron chi connectivity index (χ1n) is 5.24. The van der Waals surface area contributed by atoms with Crippen LogP contribution >= 0.6 is 0 Å². The number of hydrogen-bond acceptors (Lipinski definition) is 6. The maximum absolute atomic E-state index is 11.2. The average Bonchev–Trinajstić information content (AvgIpc) is 2.37. The number of benzene rings is 1. The van der Waals surface area contributed by atoms with Crippen molar-refractivity contribution in [3.05, 3.63) is 33.9 Å². The summed E-state index contributed by atoms with van der Waals surface area (Å²) in [6.07, 6.45) is 0. The standard InChI is InChI=1S/C10H12N4O4S/c1-12-19(17,18)6-5-13-9-4-2-3-8(7-11)10(9)14(15)16/h2-4,12-13H,5-6H2,1H3. The Morgan fingerprint density at radius 1 is 1.47 bits per heavy atom. The minimum absolute atomic E-state index is 0.00110. The summed E-state index contributed by atoms with van der Waals surface area (Å²) in [5, 5.41) is 22.3. The summed E-state index contributed by atoms with van der Waals surface area (Å²) >= 11 is 0. The van der Waals surface area contributed by atoms with Crippen LogP contribution in [0.5, 0.6) is 0 Å². The van der Waals surface area contributed by atoms with Gasteiger partial charge < -0.3 is 5.32 Å². The lowest BCUT2D eigenvalue weighted by molar-refractivity contribution is -0.384. The first kappa shape index (κ1) is 14.9. The van der Waals surface area contributed by atoms with E-state index >= 15 is 0 Å². The van der Waals surface area contributed by atoms with Crippen LogP contribution in [0, 0.1) is 21.4 Å². The molecule has 0 radical (unpaired) electrons. The third-order valence-corrected chi connectivity index (χ3v) is 3.70. The molecule has 0 saturated heterocycles. The minimum Gasteiger partial charge on any atom is -0.378 e. The molecule has 102 valence electrons. The Kier molecular flexibility index (Phi) is 4.80. The van der Waals surface area contributed by atoms with Gasteiger partial charge in [-0.3, -0.25) is 10.1 Å². The number of nitrogens with zero attached hydrogens (tertiary/aromatic N) is 2. The quantitative estimate of drug-likeness (QED) is 0.576. The van der Waals surface area contributed by atoms with Gasteiger partial charge in [-0.05, 0) is 19.2 Å². The van der Waals surface area contributed by atoms with E-state index in [0.29, 0.717) is 0 Å². The molecule has 0 spiro atoms. The number of para-hydroxylation sites is 1. The molecule has 8 nitrogen and oxygen atoms in total. The van der Waals surface area contributed by atoms with Crippen molar-refractivity contribution in [3.63, 3.8) is 0 Å². The number of nitro groups is 1. The topological polar surface area (TPSA) is 125 Å². The molecule has 0 aliphatic carbocycles. The molecule has 9 heteroatoms. The van der Waals surface area contributed by atoms with E-state index in [1.165, 1.54) is 25.2 Å². The van der Waals surface area contributed by atoms with Crippen molar-refractivity contribution in [1.29, 1.82) is 5.26 Å². The molecular formula is C10H12N4O4S. The van der Waals surface area contributed by atoms with Gasteiger partial charge in [0.25, 0.3) is 0 Å². The van der Waals surface area contributed by atoms with Crippen LogP contribution in [0.25, 0.3) is 0 Å². The fourth-order valence-electron chi connectivity index (χ4n) is 1.40. The number of anilines is 1. The van der Waals surface area contributed by atoms with Crippen molar-refractivity contribution in [3.8, 4) is 6.07 Å². The number of hydrogen-bond donors (Lipinski definition) is 2. The molecule has 0 aliphatic heterocycles. The summed E-state index contributed by atoms with van der Waals surface area (Å²) in [5.74, 6) is -0.225. The normalized spacial score (nSPS) is 10.7. The van der Waals surface area contributed by atoms with Crippen molar-refractivity contribution < 1.29 is 13.3 Å². The summed E-state index contributed by atoms with van der Waals surface area (Å²) in [6, 6.07) is 5.96. The number of nitrogens with one attached hydrogen (secondary N) is 2. The second-order valence-corrected chi connectivity index (χ2v) is 5.57. The maximum Gasteiger partial charge on any atom is 0.309 e. The molecule has 1 rings (SSSR count).